The maximum absolute atomic E-state index is 5.38. The van der Waals surface area contributed by atoms with Crippen molar-refractivity contribution in [2.24, 2.45) is 0 Å². The van der Waals surface area contributed by atoms with E-state index in [1.807, 2.05) is 0 Å². The van der Waals surface area contributed by atoms with Gasteiger partial charge in [-0.25, -0.2) is 0 Å². The van der Waals surface area contributed by atoms with Crippen LogP contribution in [0.5, 0.6) is 0 Å². The van der Waals surface area contributed by atoms with E-state index in [-0.39, 0.29) is 5.41 Å². The van der Waals surface area contributed by atoms with Crippen LogP contribution in [0.2, 0.25) is 0 Å². The van der Waals surface area contributed by atoms with Crippen molar-refractivity contribution in [3.8, 4) is 0 Å². The highest BCUT2D eigenvalue weighted by Gasteiger charge is 2.28. The first-order valence-corrected chi connectivity index (χ1v) is 8.07. The molecule has 1 fully saturated rings. The van der Waals surface area contributed by atoms with E-state index in [0.29, 0.717) is 6.04 Å². The van der Waals surface area contributed by atoms with E-state index >= 15 is 0 Å². The monoisotopic (exact) mass is 291 g/mol. The molecule has 0 bridgehead atoms. The van der Waals surface area contributed by atoms with Gasteiger partial charge in [-0.2, -0.15) is 16.3 Å². The third kappa shape index (κ3) is 2.79. The Labute approximate surface area is 123 Å². The van der Waals surface area contributed by atoms with Gasteiger partial charge in [0.05, 0.1) is 6.54 Å². The van der Waals surface area contributed by atoms with Crippen LogP contribution in [0.15, 0.2) is 21.3 Å². The number of nitrogens with zero attached hydrogens (tertiary/aromatic N) is 3. The van der Waals surface area contributed by atoms with Gasteiger partial charge in [0.2, 0.25) is 5.89 Å². The lowest BCUT2D eigenvalue weighted by molar-refractivity contribution is 0.237. The highest BCUT2D eigenvalue weighted by atomic mass is 32.1. The molecule has 1 saturated heterocycles. The molecule has 0 aliphatic carbocycles. The first kappa shape index (κ1) is 13.8. The Balaban J connectivity index is 1.72. The van der Waals surface area contributed by atoms with Crippen molar-refractivity contribution in [2.75, 3.05) is 6.54 Å². The topological polar surface area (TPSA) is 42.2 Å². The third-order valence-corrected chi connectivity index (χ3v) is 4.45. The predicted octanol–water partition coefficient (Wildman–Crippen LogP) is 3.77. The molecule has 0 amide bonds. The van der Waals surface area contributed by atoms with Crippen molar-refractivity contribution in [2.45, 2.75) is 51.6 Å². The molecule has 0 unspecified atom stereocenters. The fourth-order valence-corrected chi connectivity index (χ4v) is 3.37. The molecule has 0 saturated carbocycles. The summed E-state index contributed by atoms with van der Waals surface area (Å²) in [5.74, 6) is 1.52. The van der Waals surface area contributed by atoms with Gasteiger partial charge in [0.1, 0.15) is 0 Å². The molecule has 108 valence electrons. The van der Waals surface area contributed by atoms with Gasteiger partial charge >= 0.3 is 0 Å². The van der Waals surface area contributed by atoms with Gasteiger partial charge in [0.15, 0.2) is 5.82 Å². The molecule has 4 nitrogen and oxygen atoms in total. The Hall–Kier alpha value is -1.20. The average molecular weight is 291 g/mol. The molecular formula is C15H21N3OS. The van der Waals surface area contributed by atoms with E-state index in [1.54, 1.807) is 11.3 Å². The van der Waals surface area contributed by atoms with E-state index < -0.39 is 0 Å². The smallest absolute Gasteiger partial charge is 0.232 e. The summed E-state index contributed by atoms with van der Waals surface area (Å²) in [6.45, 7) is 8.16. The summed E-state index contributed by atoms with van der Waals surface area (Å²) in [5.41, 5.74) is 1.34. The van der Waals surface area contributed by atoms with Crippen LogP contribution in [0.25, 0.3) is 0 Å². The summed E-state index contributed by atoms with van der Waals surface area (Å²) in [7, 11) is 0. The van der Waals surface area contributed by atoms with E-state index in [9.17, 15) is 0 Å². The maximum Gasteiger partial charge on any atom is 0.232 e. The van der Waals surface area contributed by atoms with Gasteiger partial charge < -0.3 is 4.52 Å². The fourth-order valence-electron chi connectivity index (χ4n) is 2.66. The first-order valence-electron chi connectivity index (χ1n) is 7.13. The van der Waals surface area contributed by atoms with Crippen molar-refractivity contribution in [3.63, 3.8) is 0 Å². The number of thiophene rings is 1. The molecule has 0 aromatic carbocycles. The zero-order chi connectivity index (χ0) is 14.2. The SMILES string of the molecule is CC(C)(C)c1nc(CN2CCC[C@H]2c2ccsc2)no1. The molecule has 2 aromatic rings. The summed E-state index contributed by atoms with van der Waals surface area (Å²) in [5, 5.41) is 8.54. The Bertz CT molecular complexity index is 556. The van der Waals surface area contributed by atoms with E-state index in [0.717, 1.165) is 24.8 Å². The zero-order valence-electron chi connectivity index (χ0n) is 12.3. The van der Waals surface area contributed by atoms with Crippen molar-refractivity contribution < 1.29 is 4.52 Å². The minimum atomic E-state index is -0.0803. The second kappa shape index (κ2) is 5.30. The van der Waals surface area contributed by atoms with Crippen molar-refractivity contribution in [3.05, 3.63) is 34.1 Å². The standard InChI is InChI=1S/C15H21N3OS/c1-15(2,3)14-16-13(17-19-14)9-18-7-4-5-12(18)11-6-8-20-10-11/h6,8,10,12H,4-5,7,9H2,1-3H3/t12-/m0/s1. The number of hydrogen-bond donors (Lipinski definition) is 0. The minimum Gasteiger partial charge on any atom is -0.339 e. The minimum absolute atomic E-state index is 0.0803. The molecule has 0 N–H and O–H groups in total. The normalized spacial score (nSPS) is 20.6. The van der Waals surface area contributed by atoms with E-state index in [4.69, 9.17) is 4.52 Å². The largest absolute Gasteiger partial charge is 0.339 e. The van der Waals surface area contributed by atoms with Crippen LogP contribution in [0, 0.1) is 0 Å². The van der Waals surface area contributed by atoms with Crippen LogP contribution in [-0.4, -0.2) is 21.6 Å². The Kier molecular flexibility index (Phi) is 3.65. The number of likely N-dealkylation sites (tertiary alicyclic amines) is 1. The zero-order valence-corrected chi connectivity index (χ0v) is 13.1. The molecular weight excluding hydrogens is 270 g/mol. The number of hydrogen-bond acceptors (Lipinski definition) is 5. The van der Waals surface area contributed by atoms with Crippen molar-refractivity contribution in [1.82, 2.24) is 15.0 Å². The molecule has 5 heteroatoms. The highest BCUT2D eigenvalue weighted by molar-refractivity contribution is 7.07. The third-order valence-electron chi connectivity index (χ3n) is 3.75. The second-order valence-corrected chi connectivity index (χ2v) is 7.23. The van der Waals surface area contributed by atoms with Crippen LogP contribution in [-0.2, 0) is 12.0 Å². The molecule has 2 aromatic heterocycles. The van der Waals surface area contributed by atoms with Gasteiger partial charge in [-0.1, -0.05) is 25.9 Å². The van der Waals surface area contributed by atoms with Crippen LogP contribution < -0.4 is 0 Å². The van der Waals surface area contributed by atoms with E-state index in [2.05, 4.69) is 52.6 Å². The van der Waals surface area contributed by atoms with Crippen LogP contribution >= 0.6 is 11.3 Å². The summed E-state index contributed by atoms with van der Waals surface area (Å²) in [6, 6.07) is 2.74. The molecule has 1 aliphatic rings. The molecule has 0 radical (unpaired) electrons. The molecule has 20 heavy (non-hydrogen) atoms. The van der Waals surface area contributed by atoms with Gasteiger partial charge in [0, 0.05) is 11.5 Å². The average Bonchev–Trinajstić information content (AvgIpc) is 3.08. The van der Waals surface area contributed by atoms with Crippen LogP contribution in [0.4, 0.5) is 0 Å². The summed E-state index contributed by atoms with van der Waals surface area (Å²) >= 11 is 1.77. The molecule has 3 heterocycles. The van der Waals surface area contributed by atoms with Gasteiger partial charge in [-0.05, 0) is 41.8 Å². The fraction of sp³-hybridized carbons (Fsp3) is 0.600. The molecule has 0 spiro atoms. The number of aromatic nitrogens is 2. The summed E-state index contributed by atoms with van der Waals surface area (Å²) < 4.78 is 5.38. The van der Waals surface area contributed by atoms with Crippen LogP contribution in [0.1, 0.15) is 56.9 Å². The molecule has 3 rings (SSSR count). The lowest BCUT2D eigenvalue weighted by Gasteiger charge is -2.22. The van der Waals surface area contributed by atoms with E-state index in [1.165, 1.54) is 18.4 Å². The van der Waals surface area contributed by atoms with Crippen molar-refractivity contribution >= 4 is 11.3 Å². The van der Waals surface area contributed by atoms with Crippen LogP contribution in [0.3, 0.4) is 0 Å². The second-order valence-electron chi connectivity index (χ2n) is 6.45. The Morgan fingerprint density at radius 3 is 2.95 bits per heavy atom. The molecule has 1 atom stereocenters. The lowest BCUT2D eigenvalue weighted by Crippen LogP contribution is -2.23. The Morgan fingerprint density at radius 1 is 1.45 bits per heavy atom. The van der Waals surface area contributed by atoms with Gasteiger partial charge in [0.25, 0.3) is 0 Å². The Morgan fingerprint density at radius 2 is 2.30 bits per heavy atom. The highest BCUT2D eigenvalue weighted by Crippen LogP contribution is 2.34. The molecule has 1 aliphatic heterocycles. The summed E-state index contributed by atoms with van der Waals surface area (Å²) in [6.07, 6.45) is 2.46. The quantitative estimate of drug-likeness (QED) is 0.863. The lowest BCUT2D eigenvalue weighted by atomic mass is 9.97. The summed E-state index contributed by atoms with van der Waals surface area (Å²) in [4.78, 5) is 7.00. The number of rotatable bonds is 3. The first-order chi connectivity index (χ1) is 9.54. The predicted molar refractivity (Wildman–Crippen MR) is 79.7 cm³/mol. The van der Waals surface area contributed by atoms with Crippen molar-refractivity contribution in [1.29, 1.82) is 0 Å². The maximum atomic E-state index is 5.38. The van der Waals surface area contributed by atoms with Gasteiger partial charge in [-0.3, -0.25) is 4.90 Å². The van der Waals surface area contributed by atoms with Gasteiger partial charge in [-0.15, -0.1) is 0 Å².